The van der Waals surface area contributed by atoms with Gasteiger partial charge in [0.25, 0.3) is 5.56 Å². The summed E-state index contributed by atoms with van der Waals surface area (Å²) in [6.45, 7) is 6.88. The van der Waals surface area contributed by atoms with Crippen LogP contribution in [0.5, 0.6) is 0 Å². The molecular weight excluding hydrogens is 358 g/mol. The van der Waals surface area contributed by atoms with Gasteiger partial charge in [-0.25, -0.2) is 4.68 Å². The molecule has 1 aliphatic rings. The number of rotatable bonds is 5. The lowest BCUT2D eigenvalue weighted by molar-refractivity contribution is 0.0459. The molecule has 0 radical (unpaired) electrons. The quantitative estimate of drug-likeness (QED) is 0.669. The molecule has 0 N–H and O–H groups in total. The van der Waals surface area contributed by atoms with Gasteiger partial charge in [-0.2, -0.15) is 5.10 Å². The van der Waals surface area contributed by atoms with E-state index in [1.165, 1.54) is 4.68 Å². The summed E-state index contributed by atoms with van der Waals surface area (Å²) in [4.78, 5) is 19.1. The highest BCUT2D eigenvalue weighted by molar-refractivity contribution is 5.62. The highest BCUT2D eigenvalue weighted by Gasteiger charge is 2.36. The molecule has 0 aromatic carbocycles. The fraction of sp³-hybridized carbons (Fsp3) is 0.400. The van der Waals surface area contributed by atoms with Gasteiger partial charge in [-0.05, 0) is 32.9 Å². The van der Waals surface area contributed by atoms with Crippen molar-refractivity contribution in [1.29, 1.82) is 0 Å². The summed E-state index contributed by atoms with van der Waals surface area (Å²) >= 11 is 0. The van der Waals surface area contributed by atoms with Crippen molar-refractivity contribution in [2.45, 2.75) is 39.5 Å². The summed E-state index contributed by atoms with van der Waals surface area (Å²) in [7, 11) is 1.71. The molecule has 1 fully saturated rings. The third-order valence-electron chi connectivity index (χ3n) is 5.37. The molecule has 0 unspecified atom stereocenters. The number of aryl methyl sites for hydroxylation is 2. The number of hydrogen-bond donors (Lipinski definition) is 0. The molecule has 146 valence electrons. The van der Waals surface area contributed by atoms with E-state index in [1.54, 1.807) is 25.6 Å². The zero-order valence-corrected chi connectivity index (χ0v) is 16.4. The van der Waals surface area contributed by atoms with E-state index in [-0.39, 0.29) is 24.2 Å². The minimum atomic E-state index is -0.167. The van der Waals surface area contributed by atoms with Crippen LogP contribution in [0.3, 0.4) is 0 Å². The molecule has 4 rings (SSSR count). The highest BCUT2D eigenvalue weighted by atomic mass is 16.5. The van der Waals surface area contributed by atoms with Crippen molar-refractivity contribution >= 4 is 5.69 Å². The third kappa shape index (κ3) is 3.20. The second-order valence-corrected chi connectivity index (χ2v) is 7.13. The molecule has 0 saturated carbocycles. The van der Waals surface area contributed by atoms with Gasteiger partial charge in [0.15, 0.2) is 0 Å². The van der Waals surface area contributed by atoms with Gasteiger partial charge in [-0.15, -0.1) is 0 Å². The van der Waals surface area contributed by atoms with Crippen LogP contribution in [0.25, 0.3) is 11.3 Å². The molecule has 3 aromatic heterocycles. The van der Waals surface area contributed by atoms with Gasteiger partial charge in [0.05, 0.1) is 30.6 Å². The molecule has 1 aliphatic heterocycles. The summed E-state index contributed by atoms with van der Waals surface area (Å²) in [5, 5.41) is 8.52. The van der Waals surface area contributed by atoms with Crippen LogP contribution in [-0.2, 0) is 11.3 Å². The summed E-state index contributed by atoms with van der Waals surface area (Å²) in [5.74, 6) is 0.660. The molecule has 1 saturated heterocycles. The molecule has 0 spiro atoms. The van der Waals surface area contributed by atoms with Crippen molar-refractivity contribution in [2.75, 3.05) is 18.6 Å². The third-order valence-corrected chi connectivity index (χ3v) is 5.37. The molecule has 4 heterocycles. The molecule has 28 heavy (non-hydrogen) atoms. The zero-order valence-electron chi connectivity index (χ0n) is 16.4. The van der Waals surface area contributed by atoms with E-state index in [4.69, 9.17) is 9.26 Å². The second kappa shape index (κ2) is 7.20. The van der Waals surface area contributed by atoms with Gasteiger partial charge in [0, 0.05) is 42.7 Å². The summed E-state index contributed by atoms with van der Waals surface area (Å²) in [5.41, 5.74) is 3.93. The first kappa shape index (κ1) is 18.4. The van der Waals surface area contributed by atoms with Crippen LogP contribution >= 0.6 is 0 Å². The Balaban J connectivity index is 1.60. The summed E-state index contributed by atoms with van der Waals surface area (Å²) in [6, 6.07) is 5.71. The molecule has 0 aliphatic carbocycles. The molecular formula is C20H23N5O3. The molecule has 2 atom stereocenters. The Kier molecular flexibility index (Phi) is 4.72. The lowest BCUT2D eigenvalue weighted by Crippen LogP contribution is -2.59. The monoisotopic (exact) mass is 381 g/mol. The summed E-state index contributed by atoms with van der Waals surface area (Å²) < 4.78 is 12.2. The smallest absolute Gasteiger partial charge is 0.269 e. The maximum Gasteiger partial charge on any atom is 0.269 e. The van der Waals surface area contributed by atoms with E-state index in [2.05, 4.69) is 27.1 Å². The van der Waals surface area contributed by atoms with Gasteiger partial charge in [-0.1, -0.05) is 5.16 Å². The SMILES string of the molecule is CO[C@H]1CN(c2cnn(Cc3c(-c4ccc(C)nc4)noc3C)c(=O)c2)[C@H]1C. The lowest BCUT2D eigenvalue weighted by Gasteiger charge is -2.46. The predicted molar refractivity (Wildman–Crippen MR) is 104 cm³/mol. The Morgan fingerprint density at radius 3 is 2.75 bits per heavy atom. The minimum absolute atomic E-state index is 0.167. The number of aromatic nitrogens is 4. The Labute approximate surface area is 162 Å². The lowest BCUT2D eigenvalue weighted by atomic mass is 10.0. The number of methoxy groups -OCH3 is 1. The fourth-order valence-electron chi connectivity index (χ4n) is 3.45. The average molecular weight is 381 g/mol. The maximum atomic E-state index is 12.7. The first-order chi connectivity index (χ1) is 13.5. The van der Waals surface area contributed by atoms with E-state index in [9.17, 15) is 4.79 Å². The number of ether oxygens (including phenoxy) is 1. The van der Waals surface area contributed by atoms with Gasteiger partial charge < -0.3 is 14.2 Å². The number of nitrogens with zero attached hydrogens (tertiary/aromatic N) is 5. The Morgan fingerprint density at radius 2 is 2.11 bits per heavy atom. The van der Waals surface area contributed by atoms with Crippen molar-refractivity contribution in [2.24, 2.45) is 0 Å². The van der Waals surface area contributed by atoms with Crippen molar-refractivity contribution in [3.8, 4) is 11.3 Å². The Hall–Kier alpha value is -3.00. The normalized spacial score (nSPS) is 18.9. The van der Waals surface area contributed by atoms with Crippen LogP contribution in [0.15, 0.2) is 39.9 Å². The van der Waals surface area contributed by atoms with Gasteiger partial charge in [0.1, 0.15) is 11.5 Å². The molecule has 0 amide bonds. The zero-order chi connectivity index (χ0) is 19.8. The van der Waals surface area contributed by atoms with E-state index < -0.39 is 0 Å². The molecule has 3 aromatic rings. The number of pyridine rings is 1. The topological polar surface area (TPSA) is 86.3 Å². The second-order valence-electron chi connectivity index (χ2n) is 7.13. The fourth-order valence-corrected chi connectivity index (χ4v) is 3.45. The molecule has 0 bridgehead atoms. The van der Waals surface area contributed by atoms with E-state index >= 15 is 0 Å². The molecule has 8 heteroatoms. The van der Waals surface area contributed by atoms with Crippen molar-refractivity contribution < 1.29 is 9.26 Å². The van der Waals surface area contributed by atoms with Crippen LogP contribution in [0.4, 0.5) is 5.69 Å². The van der Waals surface area contributed by atoms with Crippen LogP contribution in [0.2, 0.25) is 0 Å². The van der Waals surface area contributed by atoms with Gasteiger partial charge in [-0.3, -0.25) is 9.78 Å². The van der Waals surface area contributed by atoms with Crippen LogP contribution in [0, 0.1) is 13.8 Å². The Bertz CT molecular complexity index is 1040. The van der Waals surface area contributed by atoms with E-state index in [0.717, 1.165) is 29.1 Å². The van der Waals surface area contributed by atoms with Gasteiger partial charge >= 0.3 is 0 Å². The number of anilines is 1. The maximum absolute atomic E-state index is 12.7. The average Bonchev–Trinajstić information content (AvgIpc) is 3.04. The standard InChI is InChI=1S/C20H23N5O3/c1-12-5-6-15(8-21-12)20-17(14(3)28-23-20)10-25-19(26)7-16(9-22-25)24-11-18(27-4)13(24)2/h5-9,13,18H,10-11H2,1-4H3/t13-,18-/m0/s1. The van der Waals surface area contributed by atoms with Crippen molar-refractivity contribution in [1.82, 2.24) is 19.9 Å². The van der Waals surface area contributed by atoms with Crippen LogP contribution < -0.4 is 10.5 Å². The van der Waals surface area contributed by atoms with Crippen molar-refractivity contribution in [3.05, 3.63) is 58.0 Å². The van der Waals surface area contributed by atoms with Crippen LogP contribution in [-0.4, -0.2) is 45.7 Å². The Morgan fingerprint density at radius 1 is 1.29 bits per heavy atom. The minimum Gasteiger partial charge on any atom is -0.377 e. The summed E-state index contributed by atoms with van der Waals surface area (Å²) in [6.07, 6.45) is 3.67. The van der Waals surface area contributed by atoms with Crippen LogP contribution in [0.1, 0.15) is 23.9 Å². The molecule has 8 nitrogen and oxygen atoms in total. The largest absolute Gasteiger partial charge is 0.377 e. The first-order valence-electron chi connectivity index (χ1n) is 9.22. The highest BCUT2D eigenvalue weighted by Crippen LogP contribution is 2.27. The predicted octanol–water partition coefficient (Wildman–Crippen LogP) is 2.18. The van der Waals surface area contributed by atoms with Crippen molar-refractivity contribution in [3.63, 3.8) is 0 Å². The van der Waals surface area contributed by atoms with Gasteiger partial charge in [0.2, 0.25) is 0 Å². The van der Waals surface area contributed by atoms with E-state index in [1.807, 2.05) is 26.0 Å². The van der Waals surface area contributed by atoms with E-state index in [0.29, 0.717) is 11.5 Å². The number of hydrogen-bond acceptors (Lipinski definition) is 7. The first-order valence-corrected chi connectivity index (χ1v) is 9.22.